The van der Waals surface area contributed by atoms with Crippen LogP contribution in [-0.2, 0) is 23.1 Å². The first kappa shape index (κ1) is 16.2. The molecule has 0 amide bonds. The summed E-state index contributed by atoms with van der Waals surface area (Å²) in [6.45, 7) is 10.7. The van der Waals surface area contributed by atoms with Crippen LogP contribution in [0.15, 0.2) is 6.07 Å². The summed E-state index contributed by atoms with van der Waals surface area (Å²) in [5.74, 6) is 0.118. The summed E-state index contributed by atoms with van der Waals surface area (Å²) in [5, 5.41) is 3.19. The van der Waals surface area contributed by atoms with Crippen molar-refractivity contribution in [2.24, 2.45) is 0 Å². The van der Waals surface area contributed by atoms with Gasteiger partial charge >= 0.3 is 0 Å². The Kier molecular flexibility index (Phi) is 6.03. The summed E-state index contributed by atoms with van der Waals surface area (Å²) < 4.78 is 27.7. The predicted molar refractivity (Wildman–Crippen MR) is 78.8 cm³/mol. The number of rotatable bonds is 8. The summed E-state index contributed by atoms with van der Waals surface area (Å²) in [6.07, 6.45) is 0. The Morgan fingerprint density at radius 1 is 1.26 bits per heavy atom. The highest BCUT2D eigenvalue weighted by Gasteiger charge is 2.09. The standard InChI is InChI=1S/C13H25N3O2S/c1-5-15-19(17,18)8-7-14-10-13-9-11(3)16(6-2)12(13)4/h9,14-15H,5-8,10H2,1-4H3. The molecule has 2 N–H and O–H groups in total. The van der Waals surface area contributed by atoms with E-state index in [1.165, 1.54) is 17.0 Å². The van der Waals surface area contributed by atoms with E-state index in [4.69, 9.17) is 0 Å². The van der Waals surface area contributed by atoms with Crippen LogP contribution in [0.3, 0.4) is 0 Å². The van der Waals surface area contributed by atoms with Gasteiger partial charge in [0, 0.05) is 37.6 Å². The van der Waals surface area contributed by atoms with Crippen LogP contribution in [0.1, 0.15) is 30.8 Å². The Hall–Kier alpha value is -0.850. The van der Waals surface area contributed by atoms with Crippen LogP contribution in [0.25, 0.3) is 0 Å². The molecule has 0 aliphatic heterocycles. The zero-order valence-corrected chi connectivity index (χ0v) is 13.1. The number of sulfonamides is 1. The quantitative estimate of drug-likeness (QED) is 0.705. The van der Waals surface area contributed by atoms with Crippen LogP contribution in [0, 0.1) is 13.8 Å². The maximum Gasteiger partial charge on any atom is 0.212 e. The number of hydrogen-bond acceptors (Lipinski definition) is 3. The minimum Gasteiger partial charge on any atom is -0.349 e. The number of aromatic nitrogens is 1. The molecule has 1 rings (SSSR count). The Bertz CT molecular complexity index is 506. The molecule has 1 aromatic rings. The van der Waals surface area contributed by atoms with E-state index in [-0.39, 0.29) is 5.75 Å². The van der Waals surface area contributed by atoms with E-state index in [1.807, 2.05) is 0 Å². The highest BCUT2D eigenvalue weighted by molar-refractivity contribution is 7.89. The van der Waals surface area contributed by atoms with Gasteiger partial charge in [0.2, 0.25) is 10.0 Å². The van der Waals surface area contributed by atoms with E-state index in [2.05, 4.69) is 41.4 Å². The fourth-order valence-corrected chi connectivity index (χ4v) is 3.26. The fourth-order valence-electron chi connectivity index (χ4n) is 2.26. The average molecular weight is 287 g/mol. The molecule has 6 heteroatoms. The second kappa shape index (κ2) is 7.07. The molecule has 0 radical (unpaired) electrons. The van der Waals surface area contributed by atoms with Gasteiger partial charge in [-0.1, -0.05) is 6.92 Å². The van der Waals surface area contributed by atoms with E-state index >= 15 is 0 Å². The molecular weight excluding hydrogens is 262 g/mol. The minimum absolute atomic E-state index is 0.118. The Morgan fingerprint density at radius 2 is 1.95 bits per heavy atom. The van der Waals surface area contributed by atoms with Crippen molar-refractivity contribution in [3.63, 3.8) is 0 Å². The molecule has 5 nitrogen and oxygen atoms in total. The summed E-state index contributed by atoms with van der Waals surface area (Å²) in [6, 6.07) is 2.16. The second-order valence-corrected chi connectivity index (χ2v) is 6.56. The zero-order chi connectivity index (χ0) is 14.5. The molecule has 0 bridgehead atoms. The number of nitrogens with one attached hydrogen (secondary N) is 2. The molecule has 110 valence electrons. The summed E-state index contributed by atoms with van der Waals surface area (Å²) in [5.41, 5.74) is 3.74. The maximum absolute atomic E-state index is 11.5. The molecule has 1 aromatic heterocycles. The van der Waals surface area contributed by atoms with Crippen LogP contribution >= 0.6 is 0 Å². The van der Waals surface area contributed by atoms with Crippen LogP contribution < -0.4 is 10.0 Å². The van der Waals surface area contributed by atoms with E-state index in [0.29, 0.717) is 19.6 Å². The number of nitrogens with zero attached hydrogens (tertiary/aromatic N) is 1. The van der Waals surface area contributed by atoms with E-state index in [1.54, 1.807) is 6.92 Å². The Balaban J connectivity index is 2.46. The van der Waals surface area contributed by atoms with Crippen molar-refractivity contribution in [3.05, 3.63) is 23.0 Å². The summed E-state index contributed by atoms with van der Waals surface area (Å²) in [7, 11) is -3.12. The molecule has 0 unspecified atom stereocenters. The molecular formula is C13H25N3O2S. The van der Waals surface area contributed by atoms with Gasteiger partial charge in [-0.2, -0.15) is 0 Å². The van der Waals surface area contributed by atoms with Gasteiger partial charge in [-0.05, 0) is 32.4 Å². The first-order valence-corrected chi connectivity index (χ1v) is 8.40. The topological polar surface area (TPSA) is 63.1 Å². The third-order valence-corrected chi connectivity index (χ3v) is 4.69. The largest absolute Gasteiger partial charge is 0.349 e. The highest BCUT2D eigenvalue weighted by Crippen LogP contribution is 2.14. The van der Waals surface area contributed by atoms with Gasteiger partial charge in [-0.15, -0.1) is 0 Å². The average Bonchev–Trinajstić information content (AvgIpc) is 2.59. The minimum atomic E-state index is -3.12. The van der Waals surface area contributed by atoms with Gasteiger partial charge in [0.15, 0.2) is 0 Å². The monoisotopic (exact) mass is 287 g/mol. The highest BCUT2D eigenvalue weighted by atomic mass is 32.2. The lowest BCUT2D eigenvalue weighted by Gasteiger charge is -2.08. The van der Waals surface area contributed by atoms with Crippen LogP contribution in [0.2, 0.25) is 0 Å². The Morgan fingerprint density at radius 3 is 2.47 bits per heavy atom. The normalized spacial score (nSPS) is 12.0. The zero-order valence-electron chi connectivity index (χ0n) is 12.3. The van der Waals surface area contributed by atoms with Crippen LogP contribution in [-0.4, -0.2) is 31.8 Å². The van der Waals surface area contributed by atoms with Gasteiger partial charge < -0.3 is 9.88 Å². The Labute approximate surface area is 116 Å². The number of aryl methyl sites for hydroxylation is 1. The lowest BCUT2D eigenvalue weighted by Crippen LogP contribution is -2.31. The van der Waals surface area contributed by atoms with Crippen molar-refractivity contribution in [1.82, 2.24) is 14.6 Å². The third-order valence-electron chi connectivity index (χ3n) is 3.22. The fraction of sp³-hybridized carbons (Fsp3) is 0.692. The smallest absolute Gasteiger partial charge is 0.212 e. The molecule has 0 saturated carbocycles. The van der Waals surface area contributed by atoms with Crippen LogP contribution in [0.4, 0.5) is 0 Å². The molecule has 1 heterocycles. The van der Waals surface area contributed by atoms with Crippen molar-refractivity contribution in [2.75, 3.05) is 18.8 Å². The molecule has 0 aliphatic carbocycles. The first-order chi connectivity index (χ1) is 8.91. The molecule has 0 saturated heterocycles. The lowest BCUT2D eigenvalue weighted by atomic mass is 10.2. The van der Waals surface area contributed by atoms with Crippen molar-refractivity contribution in [3.8, 4) is 0 Å². The van der Waals surface area contributed by atoms with E-state index in [9.17, 15) is 8.42 Å². The van der Waals surface area contributed by atoms with Crippen molar-refractivity contribution in [2.45, 2.75) is 40.8 Å². The van der Waals surface area contributed by atoms with E-state index < -0.39 is 10.0 Å². The number of hydrogen-bond donors (Lipinski definition) is 2. The van der Waals surface area contributed by atoms with Gasteiger partial charge in [0.1, 0.15) is 0 Å². The first-order valence-electron chi connectivity index (χ1n) is 6.75. The maximum atomic E-state index is 11.5. The molecule has 19 heavy (non-hydrogen) atoms. The third kappa shape index (κ3) is 4.63. The van der Waals surface area contributed by atoms with Crippen molar-refractivity contribution < 1.29 is 8.42 Å². The van der Waals surface area contributed by atoms with Gasteiger partial charge in [-0.3, -0.25) is 0 Å². The SMILES string of the molecule is CCNS(=O)(=O)CCNCc1cc(C)n(CC)c1C. The summed E-state index contributed by atoms with van der Waals surface area (Å²) >= 11 is 0. The molecule has 0 aromatic carbocycles. The van der Waals surface area contributed by atoms with Gasteiger partial charge in [0.05, 0.1) is 5.75 Å². The van der Waals surface area contributed by atoms with Crippen molar-refractivity contribution >= 4 is 10.0 Å². The van der Waals surface area contributed by atoms with E-state index in [0.717, 1.165) is 6.54 Å². The van der Waals surface area contributed by atoms with Gasteiger partial charge in [-0.25, -0.2) is 13.1 Å². The van der Waals surface area contributed by atoms with Crippen molar-refractivity contribution in [1.29, 1.82) is 0 Å². The summed E-state index contributed by atoms with van der Waals surface area (Å²) in [4.78, 5) is 0. The predicted octanol–water partition coefficient (Wildman–Crippen LogP) is 1.15. The molecule has 0 aliphatic rings. The molecule has 0 spiro atoms. The lowest BCUT2D eigenvalue weighted by molar-refractivity contribution is 0.578. The van der Waals surface area contributed by atoms with Crippen LogP contribution in [0.5, 0.6) is 0 Å². The molecule has 0 fully saturated rings. The molecule has 0 atom stereocenters. The van der Waals surface area contributed by atoms with Gasteiger partial charge in [0.25, 0.3) is 0 Å². The second-order valence-electron chi connectivity index (χ2n) is 4.63.